The monoisotopic (exact) mass is 410 g/mol. The van der Waals surface area contributed by atoms with Crippen LogP contribution in [0.3, 0.4) is 0 Å². The van der Waals surface area contributed by atoms with Crippen LogP contribution in [0.2, 0.25) is 0 Å². The van der Waals surface area contributed by atoms with Gasteiger partial charge in [0.1, 0.15) is 5.75 Å². The van der Waals surface area contributed by atoms with E-state index in [-0.39, 0.29) is 5.91 Å². The average Bonchev–Trinajstić information content (AvgIpc) is 3.29. The van der Waals surface area contributed by atoms with Crippen LogP contribution in [0.15, 0.2) is 66.9 Å². The van der Waals surface area contributed by atoms with E-state index in [1.807, 2.05) is 49.4 Å². The number of hydrogen-bond donors (Lipinski definition) is 1. The number of carbonyl (C=O) groups is 1. The van der Waals surface area contributed by atoms with Crippen molar-refractivity contribution in [2.75, 3.05) is 13.7 Å². The number of rotatable bonds is 6. The third-order valence-corrected chi connectivity index (χ3v) is 5.15. The van der Waals surface area contributed by atoms with Gasteiger partial charge in [-0.05, 0) is 48.4 Å². The molecule has 1 aromatic heterocycles. The Morgan fingerprint density at radius 1 is 1.16 bits per heavy atom. The Hall–Kier alpha value is -4.11. The molecule has 154 valence electrons. The molecule has 6 heteroatoms. The number of amides is 1. The van der Waals surface area contributed by atoms with E-state index in [9.17, 15) is 10.1 Å². The number of H-pyrrole nitrogens is 1. The molecule has 0 unspecified atom stereocenters. The highest BCUT2D eigenvalue weighted by molar-refractivity contribution is 5.95. The smallest absolute Gasteiger partial charge is 0.254 e. The highest BCUT2D eigenvalue weighted by atomic mass is 16.5. The minimum atomic E-state index is -0.102. The van der Waals surface area contributed by atoms with Gasteiger partial charge in [-0.2, -0.15) is 10.4 Å². The minimum Gasteiger partial charge on any atom is -0.493 e. The summed E-state index contributed by atoms with van der Waals surface area (Å²) in [4.78, 5) is 14.8. The molecule has 0 fully saturated rings. The van der Waals surface area contributed by atoms with E-state index in [0.29, 0.717) is 30.0 Å². The van der Waals surface area contributed by atoms with Gasteiger partial charge in [-0.3, -0.25) is 9.89 Å². The van der Waals surface area contributed by atoms with E-state index < -0.39 is 0 Å². The van der Waals surface area contributed by atoms with Crippen LogP contribution in [-0.4, -0.2) is 34.7 Å². The fourth-order valence-electron chi connectivity index (χ4n) is 3.63. The number of nitrogens with one attached hydrogen (secondary N) is 1. The number of aromatic nitrogens is 2. The Kier molecular flexibility index (Phi) is 5.67. The van der Waals surface area contributed by atoms with Crippen molar-refractivity contribution in [3.8, 4) is 22.9 Å². The van der Waals surface area contributed by atoms with Crippen LogP contribution in [0.1, 0.15) is 28.4 Å². The fourth-order valence-corrected chi connectivity index (χ4v) is 3.63. The molecule has 6 nitrogen and oxygen atoms in total. The predicted molar refractivity (Wildman–Crippen MR) is 120 cm³/mol. The number of para-hydroxylation sites is 1. The summed E-state index contributed by atoms with van der Waals surface area (Å²) in [6.07, 6.45) is 1.77. The number of fused-ring (bicyclic) bond motifs is 1. The molecule has 31 heavy (non-hydrogen) atoms. The van der Waals surface area contributed by atoms with Crippen molar-refractivity contribution < 1.29 is 9.53 Å². The highest BCUT2D eigenvalue weighted by Gasteiger charge is 2.17. The summed E-state index contributed by atoms with van der Waals surface area (Å²) in [6.45, 7) is 2.83. The Labute approximate surface area is 180 Å². The SMILES string of the molecule is CCOc1cc(C(=O)N(C)Cc2cccc3cn[nH]c23)ccc1-c1cccc(C#N)c1. The van der Waals surface area contributed by atoms with E-state index in [2.05, 4.69) is 16.3 Å². The summed E-state index contributed by atoms with van der Waals surface area (Å²) in [5, 5.41) is 17.3. The molecule has 0 atom stereocenters. The molecule has 0 aliphatic rings. The van der Waals surface area contributed by atoms with E-state index in [1.165, 1.54) is 0 Å². The number of benzene rings is 3. The summed E-state index contributed by atoms with van der Waals surface area (Å²) in [6, 6.07) is 20.9. The predicted octanol–water partition coefficient (Wildman–Crippen LogP) is 4.77. The molecule has 0 bridgehead atoms. The third kappa shape index (κ3) is 4.12. The fraction of sp³-hybridized carbons (Fsp3) is 0.160. The Bertz CT molecular complexity index is 1290. The highest BCUT2D eigenvalue weighted by Crippen LogP contribution is 2.32. The van der Waals surface area contributed by atoms with Crippen LogP contribution >= 0.6 is 0 Å². The van der Waals surface area contributed by atoms with Gasteiger partial charge in [0.25, 0.3) is 5.91 Å². The van der Waals surface area contributed by atoms with Gasteiger partial charge in [0.05, 0.1) is 30.0 Å². The van der Waals surface area contributed by atoms with Gasteiger partial charge in [-0.25, -0.2) is 0 Å². The second kappa shape index (κ2) is 8.72. The van der Waals surface area contributed by atoms with Crippen LogP contribution < -0.4 is 4.74 Å². The maximum Gasteiger partial charge on any atom is 0.254 e. The molecule has 1 heterocycles. The topological polar surface area (TPSA) is 82.0 Å². The zero-order valence-corrected chi connectivity index (χ0v) is 17.4. The van der Waals surface area contributed by atoms with Gasteiger partial charge in [0.15, 0.2) is 0 Å². The van der Waals surface area contributed by atoms with E-state index >= 15 is 0 Å². The number of nitriles is 1. The summed E-state index contributed by atoms with van der Waals surface area (Å²) < 4.78 is 5.83. The molecule has 3 aromatic carbocycles. The molecule has 4 rings (SSSR count). The largest absolute Gasteiger partial charge is 0.493 e. The lowest BCUT2D eigenvalue weighted by Crippen LogP contribution is -2.26. The summed E-state index contributed by atoms with van der Waals surface area (Å²) in [5.74, 6) is 0.516. The summed E-state index contributed by atoms with van der Waals surface area (Å²) in [5.41, 5.74) is 4.78. The number of aromatic amines is 1. The first-order valence-corrected chi connectivity index (χ1v) is 10.0. The minimum absolute atomic E-state index is 0.102. The molecule has 0 radical (unpaired) electrons. The molecular weight excluding hydrogens is 388 g/mol. The number of carbonyl (C=O) groups excluding carboxylic acids is 1. The molecule has 0 aliphatic heterocycles. The number of hydrogen-bond acceptors (Lipinski definition) is 4. The van der Waals surface area contributed by atoms with Crippen molar-refractivity contribution in [2.45, 2.75) is 13.5 Å². The van der Waals surface area contributed by atoms with Crippen LogP contribution in [0.4, 0.5) is 0 Å². The van der Waals surface area contributed by atoms with Crippen LogP contribution in [-0.2, 0) is 6.54 Å². The van der Waals surface area contributed by atoms with Gasteiger partial charge in [0.2, 0.25) is 0 Å². The van der Waals surface area contributed by atoms with Crippen molar-refractivity contribution in [1.82, 2.24) is 15.1 Å². The average molecular weight is 410 g/mol. The molecule has 4 aromatic rings. The maximum absolute atomic E-state index is 13.1. The first-order valence-electron chi connectivity index (χ1n) is 10.0. The molecule has 0 spiro atoms. The first kappa shape index (κ1) is 20.2. The lowest BCUT2D eigenvalue weighted by Gasteiger charge is -2.19. The maximum atomic E-state index is 13.1. The Morgan fingerprint density at radius 3 is 2.81 bits per heavy atom. The second-order valence-corrected chi connectivity index (χ2v) is 7.25. The van der Waals surface area contributed by atoms with Gasteiger partial charge >= 0.3 is 0 Å². The lowest BCUT2D eigenvalue weighted by atomic mass is 10.0. The van der Waals surface area contributed by atoms with E-state index in [4.69, 9.17) is 4.74 Å². The Balaban J connectivity index is 1.62. The molecular formula is C25H22N4O2. The molecule has 0 saturated carbocycles. The normalized spacial score (nSPS) is 10.6. The quantitative estimate of drug-likeness (QED) is 0.496. The van der Waals surface area contributed by atoms with Crippen molar-refractivity contribution in [1.29, 1.82) is 5.26 Å². The second-order valence-electron chi connectivity index (χ2n) is 7.25. The van der Waals surface area contributed by atoms with Crippen molar-refractivity contribution >= 4 is 16.8 Å². The van der Waals surface area contributed by atoms with Gasteiger partial charge in [0, 0.05) is 30.1 Å². The summed E-state index contributed by atoms with van der Waals surface area (Å²) in [7, 11) is 1.78. The first-order chi connectivity index (χ1) is 15.1. The van der Waals surface area contributed by atoms with Crippen molar-refractivity contribution in [2.24, 2.45) is 0 Å². The molecule has 1 amide bonds. The zero-order valence-electron chi connectivity index (χ0n) is 17.4. The zero-order chi connectivity index (χ0) is 21.8. The van der Waals surface area contributed by atoms with E-state index in [0.717, 1.165) is 27.6 Å². The third-order valence-electron chi connectivity index (χ3n) is 5.15. The number of ether oxygens (including phenoxy) is 1. The lowest BCUT2D eigenvalue weighted by molar-refractivity contribution is 0.0785. The summed E-state index contributed by atoms with van der Waals surface area (Å²) >= 11 is 0. The van der Waals surface area contributed by atoms with E-state index in [1.54, 1.807) is 36.3 Å². The molecule has 0 aliphatic carbocycles. The van der Waals surface area contributed by atoms with Crippen molar-refractivity contribution in [3.63, 3.8) is 0 Å². The Morgan fingerprint density at radius 2 is 2.00 bits per heavy atom. The van der Waals surface area contributed by atoms with Crippen molar-refractivity contribution in [3.05, 3.63) is 83.6 Å². The van der Waals surface area contributed by atoms with Crippen LogP contribution in [0, 0.1) is 11.3 Å². The van der Waals surface area contributed by atoms with Gasteiger partial charge in [-0.15, -0.1) is 0 Å². The standard InChI is InChI=1S/C25H22N4O2/c1-3-31-23-13-19(10-11-22(23)18-7-4-6-17(12-18)14-26)25(30)29(2)16-21-9-5-8-20-15-27-28-24(20)21/h4-13,15H,3,16H2,1-2H3,(H,27,28). The van der Waals surface area contributed by atoms with Gasteiger partial charge in [-0.1, -0.05) is 30.3 Å². The van der Waals surface area contributed by atoms with Crippen LogP contribution in [0.5, 0.6) is 5.75 Å². The van der Waals surface area contributed by atoms with Gasteiger partial charge < -0.3 is 9.64 Å². The molecule has 0 saturated heterocycles. The van der Waals surface area contributed by atoms with Crippen LogP contribution in [0.25, 0.3) is 22.0 Å². The molecule has 1 N–H and O–H groups in total. The number of nitrogens with zero attached hydrogens (tertiary/aromatic N) is 3.